The third-order valence-electron chi connectivity index (χ3n) is 5.43. The molecule has 0 radical (unpaired) electrons. The van der Waals surface area contributed by atoms with Gasteiger partial charge in [0.15, 0.2) is 0 Å². The van der Waals surface area contributed by atoms with Crippen molar-refractivity contribution >= 4 is 23.1 Å². The predicted octanol–water partition coefficient (Wildman–Crippen LogP) is 2.97. The van der Waals surface area contributed by atoms with Crippen LogP contribution < -0.4 is 9.80 Å². The number of nitrogens with one attached hydrogen (secondary N) is 1. The molecular weight excluding hydrogens is 328 g/mol. The van der Waals surface area contributed by atoms with Crippen LogP contribution in [0.4, 0.5) is 11.4 Å². The van der Waals surface area contributed by atoms with Gasteiger partial charge in [0.2, 0.25) is 0 Å². The average molecular weight is 356 g/mol. The number of β-amino-alcohol motifs (C(OH)–C–C–N with tert-alkyl or cyclic N) is 1. The summed E-state index contributed by atoms with van der Waals surface area (Å²) in [7, 11) is 0. The van der Waals surface area contributed by atoms with Gasteiger partial charge in [0.1, 0.15) is 12.6 Å². The van der Waals surface area contributed by atoms with Crippen LogP contribution in [0.1, 0.15) is 19.8 Å². The van der Waals surface area contributed by atoms with Crippen LogP contribution in [0.15, 0.2) is 58.3 Å². The first-order chi connectivity index (χ1) is 12.2. The van der Waals surface area contributed by atoms with E-state index in [2.05, 4.69) is 60.4 Å². The van der Waals surface area contributed by atoms with Gasteiger partial charge in [-0.05, 0) is 43.0 Å². The Balaban J connectivity index is 1.51. The largest absolute Gasteiger partial charge is 0.385 e. The molecular formula is C21H27N2OS+. The van der Waals surface area contributed by atoms with Crippen LogP contribution in [-0.4, -0.2) is 37.4 Å². The summed E-state index contributed by atoms with van der Waals surface area (Å²) < 4.78 is 0. The number of nitrogens with zero attached hydrogens (tertiary/aromatic N) is 1. The number of likely N-dealkylation sites (tertiary alicyclic amines) is 1. The molecule has 0 amide bonds. The summed E-state index contributed by atoms with van der Waals surface area (Å²) >= 11 is 1.82. The molecule has 2 heterocycles. The van der Waals surface area contributed by atoms with E-state index in [0.29, 0.717) is 6.54 Å². The van der Waals surface area contributed by atoms with Crippen LogP contribution in [0.2, 0.25) is 0 Å². The Morgan fingerprint density at radius 1 is 1.04 bits per heavy atom. The van der Waals surface area contributed by atoms with E-state index >= 15 is 0 Å². The zero-order valence-corrected chi connectivity index (χ0v) is 15.6. The Bertz CT molecular complexity index is 682. The van der Waals surface area contributed by atoms with Crippen molar-refractivity contribution in [3.05, 3.63) is 48.5 Å². The summed E-state index contributed by atoms with van der Waals surface area (Å²) in [5.74, 6) is 0.846. The van der Waals surface area contributed by atoms with Crippen molar-refractivity contribution in [3.63, 3.8) is 0 Å². The number of anilines is 2. The van der Waals surface area contributed by atoms with E-state index in [-0.39, 0.29) is 6.10 Å². The number of para-hydroxylation sites is 2. The van der Waals surface area contributed by atoms with Crippen LogP contribution in [-0.2, 0) is 0 Å². The van der Waals surface area contributed by atoms with E-state index in [9.17, 15) is 5.11 Å². The van der Waals surface area contributed by atoms with E-state index in [4.69, 9.17) is 0 Å². The lowest BCUT2D eigenvalue weighted by molar-refractivity contribution is -0.909. The topological polar surface area (TPSA) is 27.9 Å². The van der Waals surface area contributed by atoms with Gasteiger partial charge in [-0.25, -0.2) is 0 Å². The highest BCUT2D eigenvalue weighted by molar-refractivity contribution is 7.99. The van der Waals surface area contributed by atoms with Gasteiger partial charge < -0.3 is 14.9 Å². The molecule has 2 aromatic rings. The number of aliphatic hydroxyl groups excluding tert-OH is 1. The molecule has 1 fully saturated rings. The lowest BCUT2D eigenvalue weighted by Gasteiger charge is -2.35. The first-order valence-corrected chi connectivity index (χ1v) is 10.2. The molecule has 0 spiro atoms. The standard InChI is InChI=1S/C21H26N2OS/c1-16-10-12-22(13-11-16)14-17(24)15-23-18-6-2-4-8-20(18)25-21-9-5-3-7-19(21)23/h2-9,16-17,24H,10-15H2,1H3/p+1/t17-/m0/s1. The van der Waals surface area contributed by atoms with Crippen molar-refractivity contribution in [1.82, 2.24) is 0 Å². The maximum Gasteiger partial charge on any atom is 0.121 e. The van der Waals surface area contributed by atoms with Gasteiger partial charge in [-0.3, -0.25) is 0 Å². The number of rotatable bonds is 4. The summed E-state index contributed by atoms with van der Waals surface area (Å²) in [5, 5.41) is 10.8. The van der Waals surface area contributed by atoms with Crippen molar-refractivity contribution in [2.45, 2.75) is 35.7 Å². The predicted molar refractivity (Wildman–Crippen MR) is 104 cm³/mol. The number of piperidine rings is 1. The van der Waals surface area contributed by atoms with Gasteiger partial charge in [-0.2, -0.15) is 0 Å². The van der Waals surface area contributed by atoms with Crippen LogP contribution in [0.25, 0.3) is 0 Å². The molecule has 1 saturated heterocycles. The smallest absolute Gasteiger partial charge is 0.121 e. The molecule has 2 aliphatic rings. The maximum absolute atomic E-state index is 10.8. The molecule has 2 aliphatic heterocycles. The van der Waals surface area contributed by atoms with Crippen LogP contribution in [0.3, 0.4) is 0 Å². The fraction of sp³-hybridized carbons (Fsp3) is 0.429. The first kappa shape index (κ1) is 17.0. The highest BCUT2D eigenvalue weighted by Crippen LogP contribution is 2.47. The van der Waals surface area contributed by atoms with Gasteiger partial charge >= 0.3 is 0 Å². The summed E-state index contributed by atoms with van der Waals surface area (Å²) in [6.07, 6.45) is 2.26. The van der Waals surface area contributed by atoms with Crippen molar-refractivity contribution in [1.29, 1.82) is 0 Å². The molecule has 4 heteroatoms. The number of fused-ring (bicyclic) bond motifs is 2. The number of hydrogen-bond donors (Lipinski definition) is 2. The van der Waals surface area contributed by atoms with Crippen molar-refractivity contribution in [2.75, 3.05) is 31.1 Å². The highest BCUT2D eigenvalue weighted by Gasteiger charge is 2.27. The summed E-state index contributed by atoms with van der Waals surface area (Å²) in [4.78, 5) is 6.40. The molecule has 2 N–H and O–H groups in total. The van der Waals surface area contributed by atoms with Crippen molar-refractivity contribution in [3.8, 4) is 0 Å². The lowest BCUT2D eigenvalue weighted by atomic mass is 9.99. The van der Waals surface area contributed by atoms with Gasteiger partial charge in [-0.1, -0.05) is 43.0 Å². The van der Waals surface area contributed by atoms with E-state index < -0.39 is 0 Å². The van der Waals surface area contributed by atoms with Gasteiger partial charge in [0.25, 0.3) is 0 Å². The second-order valence-electron chi connectivity index (χ2n) is 7.44. The fourth-order valence-corrected chi connectivity index (χ4v) is 5.06. The second kappa shape index (κ2) is 7.40. The average Bonchev–Trinajstić information content (AvgIpc) is 2.63. The second-order valence-corrected chi connectivity index (χ2v) is 8.52. The van der Waals surface area contributed by atoms with Crippen molar-refractivity contribution < 1.29 is 10.0 Å². The number of aliphatic hydroxyl groups is 1. The van der Waals surface area contributed by atoms with Gasteiger partial charge in [0.05, 0.1) is 31.0 Å². The Labute approximate surface area is 154 Å². The molecule has 0 aliphatic carbocycles. The molecule has 2 aromatic carbocycles. The number of benzene rings is 2. The first-order valence-electron chi connectivity index (χ1n) is 9.36. The van der Waals surface area contributed by atoms with E-state index in [1.165, 1.54) is 47.1 Å². The SMILES string of the molecule is CC1CC[NH+](C[C@H](O)CN2c3ccccc3Sc3ccccc32)CC1. The number of quaternary nitrogens is 1. The molecule has 3 nitrogen and oxygen atoms in total. The minimum Gasteiger partial charge on any atom is -0.385 e. The molecule has 0 bridgehead atoms. The van der Waals surface area contributed by atoms with E-state index in [1.54, 1.807) is 4.90 Å². The Morgan fingerprint density at radius 3 is 2.20 bits per heavy atom. The lowest BCUT2D eigenvalue weighted by Crippen LogP contribution is -3.14. The Morgan fingerprint density at radius 2 is 1.60 bits per heavy atom. The third-order valence-corrected chi connectivity index (χ3v) is 6.56. The minimum atomic E-state index is -0.312. The van der Waals surface area contributed by atoms with Gasteiger partial charge in [0, 0.05) is 9.79 Å². The molecule has 0 aromatic heterocycles. The van der Waals surface area contributed by atoms with Crippen LogP contribution in [0.5, 0.6) is 0 Å². The Hall–Kier alpha value is -1.49. The summed E-state index contributed by atoms with van der Waals surface area (Å²) in [5.41, 5.74) is 2.43. The van der Waals surface area contributed by atoms with E-state index in [1.807, 2.05) is 11.8 Å². The van der Waals surface area contributed by atoms with E-state index in [0.717, 1.165) is 12.5 Å². The van der Waals surface area contributed by atoms with Gasteiger partial charge in [-0.15, -0.1) is 0 Å². The third kappa shape index (κ3) is 3.71. The molecule has 4 rings (SSSR count). The summed E-state index contributed by atoms with van der Waals surface area (Å²) in [6.45, 7) is 6.24. The molecule has 1 atom stereocenters. The van der Waals surface area contributed by atoms with Crippen molar-refractivity contribution in [2.24, 2.45) is 5.92 Å². The fourth-order valence-electron chi connectivity index (χ4n) is 3.96. The maximum atomic E-state index is 10.8. The minimum absolute atomic E-state index is 0.312. The molecule has 0 unspecified atom stereocenters. The quantitative estimate of drug-likeness (QED) is 0.883. The van der Waals surface area contributed by atoms with Crippen LogP contribution in [0, 0.1) is 5.92 Å². The molecule has 25 heavy (non-hydrogen) atoms. The summed E-state index contributed by atoms with van der Waals surface area (Å²) in [6, 6.07) is 17.0. The molecule has 132 valence electrons. The molecule has 0 saturated carbocycles. The zero-order valence-electron chi connectivity index (χ0n) is 14.8. The normalized spacial score (nSPS) is 23.7. The number of hydrogen-bond acceptors (Lipinski definition) is 3. The van der Waals surface area contributed by atoms with Crippen LogP contribution >= 0.6 is 11.8 Å². The monoisotopic (exact) mass is 355 g/mol. The highest BCUT2D eigenvalue weighted by atomic mass is 32.2. The zero-order chi connectivity index (χ0) is 17.2. The Kier molecular flexibility index (Phi) is 5.02.